The van der Waals surface area contributed by atoms with E-state index in [0.717, 1.165) is 29.2 Å². The van der Waals surface area contributed by atoms with E-state index in [2.05, 4.69) is 0 Å². The Morgan fingerprint density at radius 2 is 1.88 bits per heavy atom. The number of halogens is 1. The Kier molecular flexibility index (Phi) is 7.12. The molecular weight excluding hydrogens is 444 g/mol. The van der Waals surface area contributed by atoms with Crippen molar-refractivity contribution in [3.63, 3.8) is 0 Å². The number of amides is 2. The summed E-state index contributed by atoms with van der Waals surface area (Å²) >= 11 is 7.58. The van der Waals surface area contributed by atoms with E-state index in [0.29, 0.717) is 30.2 Å². The van der Waals surface area contributed by atoms with E-state index in [9.17, 15) is 9.59 Å². The van der Waals surface area contributed by atoms with Gasteiger partial charge in [-0.05, 0) is 72.8 Å². The van der Waals surface area contributed by atoms with Crippen LogP contribution in [-0.2, 0) is 11.3 Å². The van der Waals surface area contributed by atoms with Crippen molar-refractivity contribution in [3.05, 3.63) is 81.5 Å². The number of carbonyl (C=O) groups is 2. The molecule has 0 aliphatic carbocycles. The molecule has 0 saturated carbocycles. The van der Waals surface area contributed by atoms with E-state index in [-0.39, 0.29) is 17.7 Å². The first-order valence-corrected chi connectivity index (χ1v) is 11.8. The quantitative estimate of drug-likeness (QED) is 0.480. The van der Waals surface area contributed by atoms with Crippen molar-refractivity contribution in [1.82, 2.24) is 4.90 Å². The number of benzene rings is 2. The smallest absolute Gasteiger partial charge is 0.253 e. The van der Waals surface area contributed by atoms with Gasteiger partial charge >= 0.3 is 0 Å². The van der Waals surface area contributed by atoms with E-state index in [1.165, 1.54) is 0 Å². The monoisotopic (exact) mass is 468 g/mol. The molecule has 1 aliphatic heterocycles. The van der Waals surface area contributed by atoms with Gasteiger partial charge < -0.3 is 14.5 Å². The van der Waals surface area contributed by atoms with Gasteiger partial charge in [-0.3, -0.25) is 9.59 Å². The molecule has 3 aromatic rings. The molecule has 0 spiro atoms. The van der Waals surface area contributed by atoms with Crippen LogP contribution in [0.3, 0.4) is 0 Å². The molecule has 1 atom stereocenters. The van der Waals surface area contributed by atoms with Crippen molar-refractivity contribution >= 4 is 40.4 Å². The van der Waals surface area contributed by atoms with Crippen LogP contribution in [0.15, 0.2) is 66.0 Å². The molecule has 2 heterocycles. The third-order valence-electron chi connectivity index (χ3n) is 5.69. The summed E-state index contributed by atoms with van der Waals surface area (Å²) in [5, 5.41) is 2.61. The van der Waals surface area contributed by atoms with E-state index in [1.807, 2.05) is 46.7 Å². The van der Waals surface area contributed by atoms with Gasteiger partial charge in [-0.2, -0.15) is 0 Å². The highest BCUT2D eigenvalue weighted by Gasteiger charge is 2.32. The first kappa shape index (κ1) is 22.4. The van der Waals surface area contributed by atoms with Gasteiger partial charge in [0.1, 0.15) is 5.75 Å². The summed E-state index contributed by atoms with van der Waals surface area (Å²) in [6.45, 7) is 1.57. The van der Waals surface area contributed by atoms with Gasteiger partial charge in [0, 0.05) is 34.2 Å². The molecule has 1 aromatic heterocycles. The SMILES string of the molecule is COc1ccc(N(Cc2cccs2)C(=O)C2CCCN(C(=O)c3ccc(Cl)cc3)C2)cc1. The van der Waals surface area contributed by atoms with Crippen LogP contribution in [0.1, 0.15) is 28.1 Å². The van der Waals surface area contributed by atoms with Crippen molar-refractivity contribution in [2.75, 3.05) is 25.1 Å². The zero-order valence-corrected chi connectivity index (χ0v) is 19.4. The molecule has 1 unspecified atom stereocenters. The summed E-state index contributed by atoms with van der Waals surface area (Å²) in [5.41, 5.74) is 1.42. The summed E-state index contributed by atoms with van der Waals surface area (Å²) in [7, 11) is 1.62. The molecule has 5 nitrogen and oxygen atoms in total. The Labute approximate surface area is 197 Å². The standard InChI is InChI=1S/C25H25ClN2O3S/c1-31-22-12-10-21(11-13-22)28(17-23-5-3-15-32-23)25(30)19-4-2-14-27(16-19)24(29)18-6-8-20(26)9-7-18/h3,5-13,15,19H,2,4,14,16-17H2,1H3. The third kappa shape index (κ3) is 5.14. The Morgan fingerprint density at radius 3 is 2.53 bits per heavy atom. The van der Waals surface area contributed by atoms with Crippen LogP contribution in [0.4, 0.5) is 5.69 Å². The van der Waals surface area contributed by atoms with Gasteiger partial charge in [0.25, 0.3) is 5.91 Å². The number of methoxy groups -OCH3 is 1. The molecule has 1 saturated heterocycles. The highest BCUT2D eigenvalue weighted by Crippen LogP contribution is 2.28. The average Bonchev–Trinajstić information content (AvgIpc) is 3.36. The predicted molar refractivity (Wildman–Crippen MR) is 129 cm³/mol. The molecule has 7 heteroatoms. The summed E-state index contributed by atoms with van der Waals surface area (Å²) in [5.74, 6) is 0.474. The molecule has 2 aromatic carbocycles. The first-order valence-electron chi connectivity index (χ1n) is 10.6. The van der Waals surface area contributed by atoms with Crippen LogP contribution in [0, 0.1) is 5.92 Å². The third-order valence-corrected chi connectivity index (χ3v) is 6.81. The Balaban J connectivity index is 1.53. The molecule has 0 radical (unpaired) electrons. The minimum absolute atomic E-state index is 0.0390. The molecule has 1 aliphatic rings. The second-order valence-corrected chi connectivity index (χ2v) is 9.27. The number of nitrogens with zero attached hydrogens (tertiary/aromatic N) is 2. The summed E-state index contributed by atoms with van der Waals surface area (Å²) < 4.78 is 5.27. The Hall–Kier alpha value is -2.83. The van der Waals surface area contributed by atoms with E-state index in [4.69, 9.17) is 16.3 Å². The first-order chi connectivity index (χ1) is 15.5. The number of likely N-dealkylation sites (tertiary alicyclic amines) is 1. The number of hydrogen-bond acceptors (Lipinski definition) is 4. The number of ether oxygens (including phenoxy) is 1. The van der Waals surface area contributed by atoms with Crippen molar-refractivity contribution in [2.24, 2.45) is 5.92 Å². The number of anilines is 1. The zero-order valence-electron chi connectivity index (χ0n) is 17.9. The second kappa shape index (κ2) is 10.2. The molecule has 1 fully saturated rings. The van der Waals surface area contributed by atoms with Crippen LogP contribution in [-0.4, -0.2) is 36.9 Å². The number of carbonyl (C=O) groups excluding carboxylic acids is 2. The highest BCUT2D eigenvalue weighted by atomic mass is 35.5. The molecule has 166 valence electrons. The predicted octanol–water partition coefficient (Wildman–Crippen LogP) is 5.50. The molecular formula is C25H25ClN2O3S. The van der Waals surface area contributed by atoms with Gasteiger partial charge in [0.15, 0.2) is 0 Å². The normalized spacial score (nSPS) is 15.9. The van der Waals surface area contributed by atoms with Crippen molar-refractivity contribution < 1.29 is 14.3 Å². The minimum atomic E-state index is -0.248. The maximum Gasteiger partial charge on any atom is 0.253 e. The molecule has 0 bridgehead atoms. The van der Waals surface area contributed by atoms with Gasteiger partial charge in [-0.25, -0.2) is 0 Å². The highest BCUT2D eigenvalue weighted by molar-refractivity contribution is 7.09. The van der Waals surface area contributed by atoms with Crippen LogP contribution >= 0.6 is 22.9 Å². The topological polar surface area (TPSA) is 49.9 Å². The van der Waals surface area contributed by atoms with Crippen LogP contribution in [0.5, 0.6) is 5.75 Å². The van der Waals surface area contributed by atoms with Gasteiger partial charge in [0.2, 0.25) is 5.91 Å². The largest absolute Gasteiger partial charge is 0.497 e. The van der Waals surface area contributed by atoms with E-state index < -0.39 is 0 Å². The van der Waals surface area contributed by atoms with Gasteiger partial charge in [0.05, 0.1) is 19.6 Å². The molecule has 2 amide bonds. The number of rotatable bonds is 6. The fraction of sp³-hybridized carbons (Fsp3) is 0.280. The van der Waals surface area contributed by atoms with E-state index in [1.54, 1.807) is 47.6 Å². The summed E-state index contributed by atoms with van der Waals surface area (Å²) in [6.07, 6.45) is 1.56. The molecule has 4 rings (SSSR count). The fourth-order valence-electron chi connectivity index (χ4n) is 3.98. The average molecular weight is 469 g/mol. The lowest BCUT2D eigenvalue weighted by atomic mass is 9.95. The van der Waals surface area contributed by atoms with Gasteiger partial charge in [-0.15, -0.1) is 11.3 Å². The number of thiophene rings is 1. The number of piperidine rings is 1. The van der Waals surface area contributed by atoms with Crippen molar-refractivity contribution in [1.29, 1.82) is 0 Å². The Morgan fingerprint density at radius 1 is 1.12 bits per heavy atom. The second-order valence-electron chi connectivity index (χ2n) is 7.80. The van der Waals surface area contributed by atoms with E-state index >= 15 is 0 Å². The summed E-state index contributed by atoms with van der Waals surface area (Å²) in [4.78, 5) is 31.4. The lowest BCUT2D eigenvalue weighted by molar-refractivity contribution is -0.123. The maximum absolute atomic E-state index is 13.7. The Bertz CT molecular complexity index is 1050. The minimum Gasteiger partial charge on any atom is -0.497 e. The molecule has 32 heavy (non-hydrogen) atoms. The van der Waals surface area contributed by atoms with Gasteiger partial charge in [-0.1, -0.05) is 17.7 Å². The zero-order chi connectivity index (χ0) is 22.5. The van der Waals surface area contributed by atoms with Crippen molar-refractivity contribution in [3.8, 4) is 5.75 Å². The lowest BCUT2D eigenvalue weighted by Gasteiger charge is -2.35. The molecule has 0 N–H and O–H groups in total. The number of hydrogen-bond donors (Lipinski definition) is 0. The van der Waals surface area contributed by atoms with Crippen LogP contribution in [0.25, 0.3) is 0 Å². The summed E-state index contributed by atoms with van der Waals surface area (Å²) in [6, 6.07) is 18.5. The van der Waals surface area contributed by atoms with Crippen LogP contribution < -0.4 is 9.64 Å². The fourth-order valence-corrected chi connectivity index (χ4v) is 4.79. The van der Waals surface area contributed by atoms with Crippen LogP contribution in [0.2, 0.25) is 5.02 Å². The lowest BCUT2D eigenvalue weighted by Crippen LogP contribution is -2.46. The van der Waals surface area contributed by atoms with Crippen molar-refractivity contribution in [2.45, 2.75) is 19.4 Å². The maximum atomic E-state index is 13.7.